The topological polar surface area (TPSA) is 43.9 Å². The van der Waals surface area contributed by atoms with Crippen LogP contribution in [-0.4, -0.2) is 65.8 Å². The third-order valence-corrected chi connectivity index (χ3v) is 7.02. The van der Waals surface area contributed by atoms with Crippen molar-refractivity contribution in [3.8, 4) is 0 Å². The minimum absolute atomic E-state index is 0.139. The van der Waals surface area contributed by atoms with Gasteiger partial charge < -0.3 is 9.80 Å². The number of carbonyl (C=O) groups excluding carboxylic acids is 2. The van der Waals surface area contributed by atoms with Crippen LogP contribution in [0.2, 0.25) is 0 Å². The predicted octanol–water partition coefficient (Wildman–Crippen LogP) is 3.17. The van der Waals surface area contributed by atoms with Gasteiger partial charge in [0.25, 0.3) is 0 Å². The highest BCUT2D eigenvalue weighted by atomic mass is 32.1. The molecule has 1 unspecified atom stereocenters. The van der Waals surface area contributed by atoms with Crippen LogP contribution in [0.4, 0.5) is 0 Å². The van der Waals surface area contributed by atoms with Gasteiger partial charge in [0, 0.05) is 44.0 Å². The fourth-order valence-corrected chi connectivity index (χ4v) is 5.38. The third kappa shape index (κ3) is 4.38. The van der Waals surface area contributed by atoms with Gasteiger partial charge in [-0.05, 0) is 35.4 Å². The van der Waals surface area contributed by atoms with Crippen molar-refractivity contribution in [3.63, 3.8) is 0 Å². The Morgan fingerprint density at radius 3 is 2.41 bits per heavy atom. The maximum atomic E-state index is 13.2. The molecule has 1 atom stereocenters. The number of carbonyl (C=O) groups is 2. The van der Waals surface area contributed by atoms with Crippen molar-refractivity contribution in [2.45, 2.75) is 32.2 Å². The van der Waals surface area contributed by atoms with E-state index >= 15 is 0 Å². The fraction of sp³-hybridized carbons (Fsp3) is 0.478. The lowest BCUT2D eigenvalue weighted by molar-refractivity contribution is -0.134. The van der Waals surface area contributed by atoms with Crippen LogP contribution < -0.4 is 0 Å². The summed E-state index contributed by atoms with van der Waals surface area (Å²) in [4.78, 5) is 32.8. The normalized spacial score (nSPS) is 20.2. The monoisotopic (exact) mass is 411 g/mol. The fourth-order valence-electron chi connectivity index (χ4n) is 4.48. The van der Waals surface area contributed by atoms with E-state index in [9.17, 15) is 9.59 Å². The van der Waals surface area contributed by atoms with Gasteiger partial charge in [0.05, 0.1) is 12.6 Å². The first kappa shape index (κ1) is 20.1. The van der Waals surface area contributed by atoms with Crippen LogP contribution >= 0.6 is 11.3 Å². The van der Waals surface area contributed by atoms with Crippen LogP contribution in [0.5, 0.6) is 0 Å². The Morgan fingerprint density at radius 2 is 1.69 bits per heavy atom. The molecule has 29 heavy (non-hydrogen) atoms. The zero-order valence-electron chi connectivity index (χ0n) is 17.0. The highest BCUT2D eigenvalue weighted by Crippen LogP contribution is 2.37. The molecule has 0 bridgehead atoms. The molecule has 2 aliphatic rings. The standard InChI is InChI=1S/C23H29N3O2S/c1-2-21(27)24-11-6-12-25(15-14-24)22(28)17-26-13-9-20-19(10-16-29-20)23(26)18-7-4-3-5-8-18/h3-5,7-8,10,16,23H,2,6,9,11-15,17H2,1H3. The minimum Gasteiger partial charge on any atom is -0.341 e. The summed E-state index contributed by atoms with van der Waals surface area (Å²) in [5, 5.41) is 2.17. The van der Waals surface area contributed by atoms with E-state index in [1.54, 1.807) is 0 Å². The summed E-state index contributed by atoms with van der Waals surface area (Å²) in [5.74, 6) is 0.361. The molecule has 1 saturated heterocycles. The van der Waals surface area contributed by atoms with Crippen molar-refractivity contribution < 1.29 is 9.59 Å². The largest absolute Gasteiger partial charge is 0.341 e. The molecule has 2 aliphatic heterocycles. The van der Waals surface area contributed by atoms with Gasteiger partial charge in [-0.25, -0.2) is 0 Å². The predicted molar refractivity (Wildman–Crippen MR) is 116 cm³/mol. The number of fused-ring (bicyclic) bond motifs is 1. The van der Waals surface area contributed by atoms with E-state index in [0.717, 1.165) is 32.5 Å². The number of nitrogens with zero attached hydrogens (tertiary/aromatic N) is 3. The molecule has 5 nitrogen and oxygen atoms in total. The maximum Gasteiger partial charge on any atom is 0.236 e. The third-order valence-electron chi connectivity index (χ3n) is 6.02. The number of rotatable bonds is 4. The van der Waals surface area contributed by atoms with E-state index in [1.165, 1.54) is 16.0 Å². The van der Waals surface area contributed by atoms with Crippen LogP contribution in [0.15, 0.2) is 41.8 Å². The summed E-state index contributed by atoms with van der Waals surface area (Å²) in [6.07, 6.45) is 2.39. The molecule has 0 aliphatic carbocycles. The lowest BCUT2D eigenvalue weighted by Gasteiger charge is -2.37. The minimum atomic E-state index is 0.139. The molecule has 2 amide bonds. The van der Waals surface area contributed by atoms with Crippen molar-refractivity contribution in [3.05, 3.63) is 57.8 Å². The molecule has 0 radical (unpaired) electrons. The van der Waals surface area contributed by atoms with E-state index in [1.807, 2.05) is 34.1 Å². The second-order valence-corrected chi connectivity index (χ2v) is 8.80. The summed E-state index contributed by atoms with van der Waals surface area (Å²) < 4.78 is 0. The summed E-state index contributed by atoms with van der Waals surface area (Å²) >= 11 is 1.82. The first-order valence-electron chi connectivity index (χ1n) is 10.6. The van der Waals surface area contributed by atoms with Crippen LogP contribution in [-0.2, 0) is 16.0 Å². The summed E-state index contributed by atoms with van der Waals surface area (Å²) in [7, 11) is 0. The molecular formula is C23H29N3O2S. The molecule has 0 saturated carbocycles. The zero-order valence-corrected chi connectivity index (χ0v) is 17.9. The number of thiophene rings is 1. The first-order chi connectivity index (χ1) is 14.2. The Bertz CT molecular complexity index is 851. The van der Waals surface area contributed by atoms with Crippen molar-refractivity contribution in [1.29, 1.82) is 0 Å². The van der Waals surface area contributed by atoms with Crippen LogP contribution in [0, 0.1) is 0 Å². The van der Waals surface area contributed by atoms with Crippen LogP contribution in [0.1, 0.15) is 41.8 Å². The second-order valence-electron chi connectivity index (χ2n) is 7.80. The summed E-state index contributed by atoms with van der Waals surface area (Å²) in [6, 6.07) is 12.9. The smallest absolute Gasteiger partial charge is 0.236 e. The van der Waals surface area contributed by atoms with Gasteiger partial charge in [-0.15, -0.1) is 11.3 Å². The Labute approximate surface area is 176 Å². The van der Waals surface area contributed by atoms with Gasteiger partial charge in [-0.1, -0.05) is 37.3 Å². The van der Waals surface area contributed by atoms with Gasteiger partial charge in [-0.3, -0.25) is 14.5 Å². The molecule has 1 fully saturated rings. The molecule has 1 aromatic carbocycles. The quantitative estimate of drug-likeness (QED) is 0.776. The van der Waals surface area contributed by atoms with Crippen molar-refractivity contribution in [2.75, 3.05) is 39.3 Å². The molecule has 2 aromatic rings. The van der Waals surface area contributed by atoms with E-state index in [2.05, 4.69) is 40.6 Å². The van der Waals surface area contributed by atoms with Gasteiger partial charge in [-0.2, -0.15) is 0 Å². The van der Waals surface area contributed by atoms with Gasteiger partial charge in [0.15, 0.2) is 0 Å². The first-order valence-corrected chi connectivity index (χ1v) is 11.5. The van der Waals surface area contributed by atoms with E-state index in [0.29, 0.717) is 26.1 Å². The average molecular weight is 412 g/mol. The molecule has 4 rings (SSSR count). The average Bonchev–Trinajstić information content (AvgIpc) is 3.09. The van der Waals surface area contributed by atoms with E-state index in [4.69, 9.17) is 0 Å². The van der Waals surface area contributed by atoms with Gasteiger partial charge in [0.2, 0.25) is 11.8 Å². The summed E-state index contributed by atoms with van der Waals surface area (Å²) in [6.45, 7) is 6.00. The molecule has 3 heterocycles. The SMILES string of the molecule is CCC(=O)N1CCCN(C(=O)CN2CCc3sccc3C2c2ccccc2)CC1. The van der Waals surface area contributed by atoms with Crippen molar-refractivity contribution in [1.82, 2.24) is 14.7 Å². The van der Waals surface area contributed by atoms with E-state index in [-0.39, 0.29) is 17.9 Å². The van der Waals surface area contributed by atoms with Gasteiger partial charge in [0.1, 0.15) is 0 Å². The lowest BCUT2D eigenvalue weighted by Crippen LogP contribution is -2.45. The summed E-state index contributed by atoms with van der Waals surface area (Å²) in [5.41, 5.74) is 2.59. The van der Waals surface area contributed by atoms with Crippen molar-refractivity contribution in [2.24, 2.45) is 0 Å². The Kier molecular flexibility index (Phi) is 6.31. The molecule has 154 valence electrons. The Hall–Kier alpha value is -2.18. The Morgan fingerprint density at radius 1 is 0.966 bits per heavy atom. The number of amides is 2. The van der Waals surface area contributed by atoms with Crippen LogP contribution in [0.3, 0.4) is 0 Å². The molecule has 0 spiro atoms. The number of hydrogen-bond donors (Lipinski definition) is 0. The van der Waals surface area contributed by atoms with E-state index < -0.39 is 0 Å². The molecule has 0 N–H and O–H groups in total. The molecule has 6 heteroatoms. The van der Waals surface area contributed by atoms with Crippen LogP contribution in [0.25, 0.3) is 0 Å². The number of benzene rings is 1. The zero-order chi connectivity index (χ0) is 20.2. The van der Waals surface area contributed by atoms with Crippen molar-refractivity contribution >= 4 is 23.2 Å². The second kappa shape index (κ2) is 9.09. The molecular weight excluding hydrogens is 382 g/mol. The Balaban J connectivity index is 1.48. The maximum absolute atomic E-state index is 13.2. The highest BCUT2D eigenvalue weighted by molar-refractivity contribution is 7.10. The lowest BCUT2D eigenvalue weighted by atomic mass is 9.93. The molecule has 1 aromatic heterocycles. The van der Waals surface area contributed by atoms with Gasteiger partial charge >= 0.3 is 0 Å². The highest BCUT2D eigenvalue weighted by Gasteiger charge is 2.32. The number of hydrogen-bond acceptors (Lipinski definition) is 4.